The van der Waals surface area contributed by atoms with E-state index in [1.54, 1.807) is 11.8 Å². The summed E-state index contributed by atoms with van der Waals surface area (Å²) in [4.78, 5) is 0. The predicted octanol–water partition coefficient (Wildman–Crippen LogP) is 0.995. The molecule has 0 fully saturated rings. The summed E-state index contributed by atoms with van der Waals surface area (Å²) in [6, 6.07) is -0.166. The Labute approximate surface area is 75.9 Å². The highest BCUT2D eigenvalue weighted by atomic mass is 32.2. The van der Waals surface area contributed by atoms with Gasteiger partial charge >= 0.3 is 0 Å². The zero-order valence-electron chi connectivity index (χ0n) is 7.28. The molecule has 0 spiro atoms. The maximum Gasteiger partial charge on any atom is 0.232 e. The predicted molar refractivity (Wildman–Crippen MR) is 49.0 cm³/mol. The third-order valence-electron chi connectivity index (χ3n) is 1.39. The topological polar surface area (TPSA) is 64.9 Å². The van der Waals surface area contributed by atoms with Gasteiger partial charge in [-0.25, -0.2) is 0 Å². The maximum atomic E-state index is 5.55. The average molecular weight is 187 g/mol. The molecule has 0 aliphatic heterocycles. The smallest absolute Gasteiger partial charge is 0.232 e. The molecule has 1 rings (SSSR count). The molecule has 1 aromatic rings. The summed E-state index contributed by atoms with van der Waals surface area (Å²) in [5, 5.41) is 7.68. The van der Waals surface area contributed by atoms with Crippen LogP contribution in [0.15, 0.2) is 4.42 Å². The Balaban J connectivity index is 2.52. The van der Waals surface area contributed by atoms with Gasteiger partial charge in [-0.2, -0.15) is 11.8 Å². The van der Waals surface area contributed by atoms with Gasteiger partial charge in [-0.1, -0.05) is 0 Å². The van der Waals surface area contributed by atoms with Crippen LogP contribution in [0, 0.1) is 0 Å². The molecule has 0 aliphatic rings. The third-order valence-corrected chi connectivity index (χ3v) is 2.00. The van der Waals surface area contributed by atoms with Gasteiger partial charge < -0.3 is 10.2 Å². The van der Waals surface area contributed by atoms with Gasteiger partial charge in [0.2, 0.25) is 11.8 Å². The number of aryl methyl sites for hydroxylation is 1. The Morgan fingerprint density at radius 3 is 2.83 bits per heavy atom. The fourth-order valence-corrected chi connectivity index (χ4v) is 1.12. The monoisotopic (exact) mass is 187 g/mol. The van der Waals surface area contributed by atoms with Gasteiger partial charge in [0, 0.05) is 12.2 Å². The lowest BCUT2D eigenvalue weighted by Gasteiger charge is -1.94. The van der Waals surface area contributed by atoms with Gasteiger partial charge in [0.25, 0.3) is 0 Å². The zero-order chi connectivity index (χ0) is 8.97. The summed E-state index contributed by atoms with van der Waals surface area (Å²) < 4.78 is 5.29. The van der Waals surface area contributed by atoms with Crippen LogP contribution in [0.5, 0.6) is 0 Å². The Hall–Kier alpha value is -0.550. The second-order valence-corrected chi connectivity index (χ2v) is 3.55. The fraction of sp³-hybridized carbons (Fsp3) is 0.714. The molecular weight excluding hydrogens is 174 g/mol. The molecule has 0 aliphatic carbocycles. The highest BCUT2D eigenvalue weighted by molar-refractivity contribution is 7.98. The summed E-state index contributed by atoms with van der Waals surface area (Å²) in [6.45, 7) is 1.83. The first-order valence-electron chi connectivity index (χ1n) is 3.81. The largest absolute Gasteiger partial charge is 0.424 e. The van der Waals surface area contributed by atoms with Crippen LogP contribution in [0.3, 0.4) is 0 Å². The Morgan fingerprint density at radius 2 is 2.33 bits per heavy atom. The molecular formula is C7H13N3OS. The van der Waals surface area contributed by atoms with E-state index < -0.39 is 0 Å². The van der Waals surface area contributed by atoms with E-state index in [1.807, 2.05) is 13.2 Å². The molecule has 1 heterocycles. The van der Waals surface area contributed by atoms with Crippen molar-refractivity contribution < 1.29 is 4.42 Å². The molecule has 2 N–H and O–H groups in total. The molecule has 68 valence electrons. The number of rotatable bonds is 4. The van der Waals surface area contributed by atoms with Crippen molar-refractivity contribution in [2.75, 3.05) is 12.0 Å². The molecule has 0 saturated carbocycles. The minimum Gasteiger partial charge on any atom is -0.424 e. The third kappa shape index (κ3) is 2.49. The maximum absolute atomic E-state index is 5.55. The normalized spacial score (nSPS) is 13.2. The van der Waals surface area contributed by atoms with Crippen molar-refractivity contribution >= 4 is 11.8 Å². The van der Waals surface area contributed by atoms with E-state index in [4.69, 9.17) is 10.2 Å². The molecule has 4 nitrogen and oxygen atoms in total. The van der Waals surface area contributed by atoms with Crippen molar-refractivity contribution in [3.8, 4) is 0 Å². The van der Waals surface area contributed by atoms with Crippen LogP contribution in [0.1, 0.15) is 24.7 Å². The highest BCUT2D eigenvalue weighted by Gasteiger charge is 2.08. The summed E-state index contributed by atoms with van der Waals surface area (Å²) >= 11 is 1.76. The lowest BCUT2D eigenvalue weighted by atomic mass is 10.4. The number of hydrogen-bond acceptors (Lipinski definition) is 5. The lowest BCUT2D eigenvalue weighted by Crippen LogP contribution is -2.04. The van der Waals surface area contributed by atoms with Crippen molar-refractivity contribution in [3.63, 3.8) is 0 Å². The summed E-state index contributed by atoms with van der Waals surface area (Å²) in [5.74, 6) is 2.20. The number of nitrogens with zero attached hydrogens (tertiary/aromatic N) is 2. The molecule has 0 radical (unpaired) electrons. The van der Waals surface area contributed by atoms with E-state index in [0.717, 1.165) is 12.2 Å². The van der Waals surface area contributed by atoms with Crippen LogP contribution in [-0.2, 0) is 6.42 Å². The quantitative estimate of drug-likeness (QED) is 0.761. The van der Waals surface area contributed by atoms with E-state index in [-0.39, 0.29) is 6.04 Å². The van der Waals surface area contributed by atoms with E-state index in [2.05, 4.69) is 10.2 Å². The first kappa shape index (κ1) is 9.54. The van der Waals surface area contributed by atoms with Crippen molar-refractivity contribution in [1.29, 1.82) is 0 Å². The minimum absolute atomic E-state index is 0.166. The van der Waals surface area contributed by atoms with Gasteiger partial charge in [-0.3, -0.25) is 0 Å². The van der Waals surface area contributed by atoms with Gasteiger partial charge in [0.15, 0.2) is 0 Å². The Kier molecular flexibility index (Phi) is 3.55. The molecule has 0 aromatic carbocycles. The van der Waals surface area contributed by atoms with E-state index >= 15 is 0 Å². The van der Waals surface area contributed by atoms with Crippen LogP contribution in [-0.4, -0.2) is 22.2 Å². The van der Waals surface area contributed by atoms with Gasteiger partial charge in [-0.15, -0.1) is 10.2 Å². The molecule has 1 aromatic heterocycles. The Bertz CT molecular complexity index is 236. The molecule has 5 heteroatoms. The molecule has 0 bridgehead atoms. The fourth-order valence-electron chi connectivity index (χ4n) is 0.741. The van der Waals surface area contributed by atoms with Crippen molar-refractivity contribution in [3.05, 3.63) is 11.8 Å². The summed E-state index contributed by atoms with van der Waals surface area (Å²) in [6.07, 6.45) is 2.86. The second kappa shape index (κ2) is 4.47. The van der Waals surface area contributed by atoms with Crippen LogP contribution in [0.4, 0.5) is 0 Å². The molecule has 1 atom stereocenters. The summed E-state index contributed by atoms with van der Waals surface area (Å²) in [5.41, 5.74) is 5.55. The van der Waals surface area contributed by atoms with Gasteiger partial charge in [0.05, 0.1) is 6.04 Å². The first-order valence-corrected chi connectivity index (χ1v) is 5.20. The van der Waals surface area contributed by atoms with E-state index in [0.29, 0.717) is 11.8 Å². The first-order chi connectivity index (χ1) is 5.74. The van der Waals surface area contributed by atoms with Crippen LogP contribution < -0.4 is 5.73 Å². The van der Waals surface area contributed by atoms with Gasteiger partial charge in [-0.05, 0) is 13.2 Å². The Morgan fingerprint density at radius 1 is 1.58 bits per heavy atom. The SMILES string of the molecule is CSCCc1nnc(C(C)N)o1. The number of thioether (sulfide) groups is 1. The van der Waals surface area contributed by atoms with E-state index in [9.17, 15) is 0 Å². The second-order valence-electron chi connectivity index (χ2n) is 2.57. The van der Waals surface area contributed by atoms with Gasteiger partial charge in [0.1, 0.15) is 0 Å². The van der Waals surface area contributed by atoms with E-state index in [1.165, 1.54) is 0 Å². The lowest BCUT2D eigenvalue weighted by molar-refractivity contribution is 0.431. The number of aromatic nitrogens is 2. The average Bonchev–Trinajstić information content (AvgIpc) is 2.48. The van der Waals surface area contributed by atoms with Crippen LogP contribution in [0.25, 0.3) is 0 Å². The van der Waals surface area contributed by atoms with Crippen molar-refractivity contribution in [2.45, 2.75) is 19.4 Å². The van der Waals surface area contributed by atoms with Crippen molar-refractivity contribution in [2.24, 2.45) is 5.73 Å². The number of nitrogens with two attached hydrogens (primary N) is 1. The standard InChI is InChI=1S/C7H13N3OS/c1-5(8)7-10-9-6(11-7)3-4-12-2/h5H,3-4,8H2,1-2H3. The highest BCUT2D eigenvalue weighted by Crippen LogP contribution is 2.08. The minimum atomic E-state index is -0.166. The number of hydrogen-bond donors (Lipinski definition) is 1. The van der Waals surface area contributed by atoms with Crippen molar-refractivity contribution in [1.82, 2.24) is 10.2 Å². The molecule has 12 heavy (non-hydrogen) atoms. The summed E-state index contributed by atoms with van der Waals surface area (Å²) in [7, 11) is 0. The molecule has 1 unspecified atom stereocenters. The zero-order valence-corrected chi connectivity index (χ0v) is 8.10. The molecule has 0 amide bonds. The van der Waals surface area contributed by atoms with Crippen LogP contribution in [0.2, 0.25) is 0 Å². The van der Waals surface area contributed by atoms with Crippen LogP contribution >= 0.6 is 11.8 Å². The molecule has 0 saturated heterocycles.